The highest BCUT2D eigenvalue weighted by atomic mass is 32.1. The Morgan fingerprint density at radius 1 is 1.07 bits per heavy atom. The first-order chi connectivity index (χ1) is 13.3. The van der Waals surface area contributed by atoms with Crippen molar-refractivity contribution in [1.29, 1.82) is 0 Å². The molecule has 1 unspecified atom stereocenters. The Morgan fingerprint density at radius 2 is 1.75 bits per heavy atom. The fourth-order valence-electron chi connectivity index (χ4n) is 2.90. The van der Waals surface area contributed by atoms with Crippen molar-refractivity contribution in [3.05, 3.63) is 65.0 Å². The summed E-state index contributed by atoms with van der Waals surface area (Å²) in [5.74, 6) is -0.672. The van der Waals surface area contributed by atoms with Crippen LogP contribution in [0.25, 0.3) is 6.08 Å². The Hall–Kier alpha value is -3.13. The molecule has 1 aromatic heterocycles. The highest BCUT2D eigenvalue weighted by Gasteiger charge is 2.37. The van der Waals surface area contributed by atoms with E-state index in [9.17, 15) is 14.4 Å². The summed E-state index contributed by atoms with van der Waals surface area (Å²) in [6.45, 7) is 0. The highest BCUT2D eigenvalue weighted by Crippen LogP contribution is 2.35. The second-order valence-corrected chi connectivity index (χ2v) is 6.74. The predicted molar refractivity (Wildman–Crippen MR) is 107 cm³/mol. The Morgan fingerprint density at radius 3 is 2.32 bits per heavy atom. The number of imide groups is 2. The molecule has 1 aliphatic rings. The van der Waals surface area contributed by atoms with Crippen LogP contribution in [0, 0.1) is 0 Å². The fraction of sp³-hybridized carbons (Fsp3) is 0.200. The quantitative estimate of drug-likeness (QED) is 0.487. The van der Waals surface area contributed by atoms with Gasteiger partial charge in [0, 0.05) is 25.9 Å². The number of ether oxygens (including phenoxy) is 1. The van der Waals surface area contributed by atoms with Crippen molar-refractivity contribution in [2.45, 2.75) is 5.25 Å². The molecule has 1 aromatic carbocycles. The number of aromatic nitrogens is 1. The molecule has 2 heterocycles. The maximum absolute atomic E-state index is 12.4. The molecule has 0 N–H and O–H groups in total. The van der Waals surface area contributed by atoms with Crippen molar-refractivity contribution in [3.8, 4) is 5.75 Å². The first-order valence-electron chi connectivity index (χ1n) is 8.44. The zero-order valence-electron chi connectivity index (χ0n) is 15.6. The minimum absolute atomic E-state index is 0.0886. The predicted octanol–water partition coefficient (Wildman–Crippen LogP) is 2.54. The number of pyridine rings is 1. The number of barbiturate groups is 1. The Balaban J connectivity index is 2.04. The van der Waals surface area contributed by atoms with Crippen LogP contribution in [-0.2, 0) is 9.59 Å². The maximum atomic E-state index is 12.4. The van der Waals surface area contributed by atoms with E-state index in [-0.39, 0.29) is 10.8 Å². The van der Waals surface area contributed by atoms with Gasteiger partial charge in [-0.15, -0.1) is 0 Å². The first kappa shape index (κ1) is 19.6. The molecule has 1 fully saturated rings. The molecule has 1 saturated heterocycles. The van der Waals surface area contributed by atoms with Crippen LogP contribution >= 0.6 is 12.6 Å². The summed E-state index contributed by atoms with van der Waals surface area (Å²) in [7, 11) is 4.23. The van der Waals surface area contributed by atoms with Crippen molar-refractivity contribution in [2.24, 2.45) is 0 Å². The highest BCUT2D eigenvalue weighted by molar-refractivity contribution is 7.80. The fourth-order valence-corrected chi connectivity index (χ4v) is 3.25. The lowest BCUT2D eigenvalue weighted by molar-refractivity contribution is -0.134. The average molecular weight is 397 g/mol. The van der Waals surface area contributed by atoms with Gasteiger partial charge in [0.1, 0.15) is 11.3 Å². The van der Waals surface area contributed by atoms with Crippen LogP contribution in [0.15, 0.2) is 48.2 Å². The average Bonchev–Trinajstić information content (AvgIpc) is 2.74. The molecular weight excluding hydrogens is 378 g/mol. The van der Waals surface area contributed by atoms with Gasteiger partial charge in [0.15, 0.2) is 0 Å². The lowest BCUT2D eigenvalue weighted by Gasteiger charge is -2.28. The van der Waals surface area contributed by atoms with Gasteiger partial charge in [-0.25, -0.2) is 4.79 Å². The van der Waals surface area contributed by atoms with Gasteiger partial charge in [-0.05, 0) is 35.9 Å². The number of urea groups is 1. The number of carbonyl (C=O) groups excluding carboxylic acids is 3. The summed E-state index contributed by atoms with van der Waals surface area (Å²) >= 11 is 4.66. The Bertz CT molecular complexity index is 949. The summed E-state index contributed by atoms with van der Waals surface area (Å²) in [5.41, 5.74) is 2.00. The van der Waals surface area contributed by atoms with Gasteiger partial charge in [0.25, 0.3) is 11.8 Å². The molecule has 0 spiro atoms. The van der Waals surface area contributed by atoms with Gasteiger partial charge >= 0.3 is 6.03 Å². The topological polar surface area (TPSA) is 79.8 Å². The molecule has 3 rings (SSSR count). The summed E-state index contributed by atoms with van der Waals surface area (Å²) in [5, 5.41) is -0.362. The normalized spacial score (nSPS) is 15.7. The summed E-state index contributed by atoms with van der Waals surface area (Å²) in [6, 6.07) is 10.1. The van der Waals surface area contributed by atoms with E-state index in [0.29, 0.717) is 11.3 Å². The second-order valence-electron chi connectivity index (χ2n) is 6.23. The zero-order chi connectivity index (χ0) is 20.4. The number of benzene rings is 1. The number of methoxy groups -OCH3 is 1. The second kappa shape index (κ2) is 7.85. The van der Waals surface area contributed by atoms with Crippen LogP contribution in [0.2, 0.25) is 0 Å². The third-order valence-electron chi connectivity index (χ3n) is 4.47. The van der Waals surface area contributed by atoms with Crippen molar-refractivity contribution >= 4 is 36.6 Å². The SMILES string of the molecule is COc1ccc(C=C2C(=O)N(C)C(=O)N(C)C2=O)cc1C(S)c1ccccn1. The third-order valence-corrected chi connectivity index (χ3v) is 5.01. The van der Waals surface area contributed by atoms with Crippen LogP contribution in [0.5, 0.6) is 5.75 Å². The molecule has 0 aliphatic carbocycles. The van der Waals surface area contributed by atoms with Gasteiger partial charge in [-0.3, -0.25) is 24.4 Å². The zero-order valence-corrected chi connectivity index (χ0v) is 16.5. The molecule has 0 bridgehead atoms. The molecular formula is C20H19N3O4S. The van der Waals surface area contributed by atoms with Gasteiger partial charge in [-0.2, -0.15) is 12.6 Å². The van der Waals surface area contributed by atoms with E-state index >= 15 is 0 Å². The van der Waals surface area contributed by atoms with Crippen molar-refractivity contribution in [1.82, 2.24) is 14.8 Å². The van der Waals surface area contributed by atoms with Crippen LogP contribution < -0.4 is 4.74 Å². The van der Waals surface area contributed by atoms with E-state index in [2.05, 4.69) is 17.6 Å². The van der Waals surface area contributed by atoms with E-state index < -0.39 is 17.8 Å². The van der Waals surface area contributed by atoms with E-state index in [1.165, 1.54) is 20.2 Å². The molecule has 8 heteroatoms. The molecule has 1 aliphatic heterocycles. The van der Waals surface area contributed by atoms with Crippen LogP contribution in [0.4, 0.5) is 4.79 Å². The first-order valence-corrected chi connectivity index (χ1v) is 8.95. The van der Waals surface area contributed by atoms with E-state index in [4.69, 9.17) is 4.74 Å². The number of carbonyl (C=O) groups is 3. The summed E-state index contributed by atoms with van der Waals surface area (Å²) in [6.07, 6.45) is 3.14. The Labute approximate surface area is 168 Å². The molecule has 0 radical (unpaired) electrons. The van der Waals surface area contributed by atoms with E-state index in [1.54, 1.807) is 31.5 Å². The minimum atomic E-state index is -0.659. The number of thiol groups is 1. The smallest absolute Gasteiger partial charge is 0.333 e. The summed E-state index contributed by atoms with van der Waals surface area (Å²) in [4.78, 5) is 42.8. The van der Waals surface area contributed by atoms with Crippen LogP contribution in [0.1, 0.15) is 22.1 Å². The van der Waals surface area contributed by atoms with Crippen LogP contribution in [-0.4, -0.2) is 53.8 Å². The van der Waals surface area contributed by atoms with Gasteiger partial charge in [-0.1, -0.05) is 12.1 Å². The largest absolute Gasteiger partial charge is 0.496 e. The lowest BCUT2D eigenvalue weighted by atomic mass is 10.0. The number of hydrogen-bond acceptors (Lipinski definition) is 6. The van der Waals surface area contributed by atoms with E-state index in [0.717, 1.165) is 21.1 Å². The number of likely N-dealkylation sites (N-methyl/N-ethyl adjacent to an activating group) is 2. The molecule has 28 heavy (non-hydrogen) atoms. The molecule has 4 amide bonds. The summed E-state index contributed by atoms with van der Waals surface area (Å²) < 4.78 is 5.43. The molecule has 0 saturated carbocycles. The standard InChI is InChI=1S/C20H19N3O4S/c1-22-18(24)14(19(25)23(2)20(22)26)11-12-7-8-16(27-3)13(10-12)17(28)15-6-4-5-9-21-15/h4-11,17,28H,1-3H3. The molecule has 1 atom stereocenters. The number of amides is 4. The number of nitrogens with zero attached hydrogens (tertiary/aromatic N) is 3. The van der Waals surface area contributed by atoms with Crippen LogP contribution in [0.3, 0.4) is 0 Å². The van der Waals surface area contributed by atoms with Crippen molar-refractivity contribution in [3.63, 3.8) is 0 Å². The lowest BCUT2D eigenvalue weighted by Crippen LogP contribution is -2.52. The third kappa shape index (κ3) is 3.50. The minimum Gasteiger partial charge on any atom is -0.496 e. The molecule has 144 valence electrons. The van der Waals surface area contributed by atoms with Gasteiger partial charge in [0.2, 0.25) is 0 Å². The monoisotopic (exact) mass is 397 g/mol. The number of rotatable bonds is 4. The Kier molecular flexibility index (Phi) is 5.51. The van der Waals surface area contributed by atoms with E-state index in [1.807, 2.05) is 18.2 Å². The van der Waals surface area contributed by atoms with Crippen molar-refractivity contribution in [2.75, 3.05) is 21.2 Å². The van der Waals surface area contributed by atoms with Gasteiger partial charge < -0.3 is 4.74 Å². The molecule has 2 aromatic rings. The van der Waals surface area contributed by atoms with Gasteiger partial charge in [0.05, 0.1) is 18.1 Å². The number of hydrogen-bond donors (Lipinski definition) is 1. The molecule has 7 nitrogen and oxygen atoms in total. The maximum Gasteiger partial charge on any atom is 0.333 e. The van der Waals surface area contributed by atoms with Crippen molar-refractivity contribution < 1.29 is 19.1 Å².